The van der Waals surface area contributed by atoms with Crippen LogP contribution in [0.25, 0.3) is 0 Å². The van der Waals surface area contributed by atoms with Gasteiger partial charge < -0.3 is 10.6 Å². The van der Waals surface area contributed by atoms with Gasteiger partial charge in [-0.05, 0) is 48.5 Å². The minimum atomic E-state index is -4.30. The summed E-state index contributed by atoms with van der Waals surface area (Å²) in [6.07, 6.45) is 0. The standard InChI is InChI=1S/C13H15F3N2OS/c1-8-6-17-7-11(8)12(19)18-9-2-4-10(5-3-9)20-13(14,15)16/h2-5,8,11,17H,6-7H2,1H3,(H,18,19). The van der Waals surface area contributed by atoms with E-state index in [0.29, 0.717) is 12.2 Å². The van der Waals surface area contributed by atoms with Crippen molar-refractivity contribution >= 4 is 23.4 Å². The first-order valence-corrected chi connectivity index (χ1v) is 7.04. The largest absolute Gasteiger partial charge is 0.446 e. The van der Waals surface area contributed by atoms with Gasteiger partial charge in [0.1, 0.15) is 0 Å². The van der Waals surface area contributed by atoms with Crippen LogP contribution in [0.4, 0.5) is 18.9 Å². The summed E-state index contributed by atoms with van der Waals surface area (Å²) in [5, 5.41) is 5.87. The molecule has 1 amide bonds. The zero-order valence-corrected chi connectivity index (χ0v) is 11.6. The van der Waals surface area contributed by atoms with E-state index in [4.69, 9.17) is 0 Å². The normalized spacial score (nSPS) is 22.8. The Morgan fingerprint density at radius 1 is 1.30 bits per heavy atom. The van der Waals surface area contributed by atoms with Gasteiger partial charge >= 0.3 is 5.51 Å². The van der Waals surface area contributed by atoms with Crippen molar-refractivity contribution in [3.63, 3.8) is 0 Å². The summed E-state index contributed by atoms with van der Waals surface area (Å²) >= 11 is -0.169. The van der Waals surface area contributed by atoms with Gasteiger partial charge in [-0.2, -0.15) is 13.2 Å². The molecule has 1 saturated heterocycles. The molecule has 1 aliphatic heterocycles. The van der Waals surface area contributed by atoms with Gasteiger partial charge in [0.25, 0.3) is 0 Å². The topological polar surface area (TPSA) is 41.1 Å². The summed E-state index contributed by atoms with van der Waals surface area (Å²) < 4.78 is 36.6. The molecule has 1 fully saturated rings. The van der Waals surface area contributed by atoms with Crippen molar-refractivity contribution in [3.05, 3.63) is 24.3 Å². The van der Waals surface area contributed by atoms with Gasteiger partial charge in [0.2, 0.25) is 5.91 Å². The van der Waals surface area contributed by atoms with Crippen molar-refractivity contribution in [2.24, 2.45) is 11.8 Å². The van der Waals surface area contributed by atoms with Gasteiger partial charge in [0, 0.05) is 17.1 Å². The van der Waals surface area contributed by atoms with E-state index in [2.05, 4.69) is 10.6 Å². The maximum Gasteiger partial charge on any atom is 0.446 e. The summed E-state index contributed by atoms with van der Waals surface area (Å²) in [6.45, 7) is 3.43. The number of anilines is 1. The van der Waals surface area contributed by atoms with E-state index in [1.165, 1.54) is 24.3 Å². The molecule has 110 valence electrons. The van der Waals surface area contributed by atoms with Crippen LogP contribution in [0.2, 0.25) is 0 Å². The Bertz CT molecular complexity index is 475. The van der Waals surface area contributed by atoms with Crippen LogP contribution in [-0.2, 0) is 4.79 Å². The van der Waals surface area contributed by atoms with Crippen molar-refractivity contribution < 1.29 is 18.0 Å². The molecule has 0 aromatic heterocycles. The molecule has 1 aromatic rings. The lowest BCUT2D eigenvalue weighted by Crippen LogP contribution is -2.27. The van der Waals surface area contributed by atoms with Crippen LogP contribution in [0.3, 0.4) is 0 Å². The number of hydrogen-bond acceptors (Lipinski definition) is 3. The van der Waals surface area contributed by atoms with Crippen LogP contribution in [0.15, 0.2) is 29.2 Å². The lowest BCUT2D eigenvalue weighted by atomic mass is 9.97. The maximum atomic E-state index is 12.2. The fraction of sp³-hybridized carbons (Fsp3) is 0.462. The molecule has 0 bridgehead atoms. The fourth-order valence-electron chi connectivity index (χ4n) is 2.14. The highest BCUT2D eigenvalue weighted by atomic mass is 32.2. The number of rotatable bonds is 3. The van der Waals surface area contributed by atoms with Gasteiger partial charge in [0.15, 0.2) is 0 Å². The predicted molar refractivity (Wildman–Crippen MR) is 72.5 cm³/mol. The summed E-state index contributed by atoms with van der Waals surface area (Å²) in [5.74, 6) is 0.0630. The first-order chi connectivity index (χ1) is 9.35. The van der Waals surface area contributed by atoms with E-state index in [-0.39, 0.29) is 34.4 Å². The van der Waals surface area contributed by atoms with E-state index in [1.807, 2.05) is 6.92 Å². The van der Waals surface area contributed by atoms with Crippen molar-refractivity contribution in [2.75, 3.05) is 18.4 Å². The van der Waals surface area contributed by atoms with Crippen LogP contribution in [0.1, 0.15) is 6.92 Å². The number of benzene rings is 1. The SMILES string of the molecule is CC1CNCC1C(=O)Nc1ccc(SC(F)(F)F)cc1. The number of thioether (sulfide) groups is 1. The summed E-state index contributed by atoms with van der Waals surface area (Å²) in [4.78, 5) is 12.1. The highest BCUT2D eigenvalue weighted by Gasteiger charge is 2.30. The second-order valence-electron chi connectivity index (χ2n) is 4.80. The molecule has 0 saturated carbocycles. The summed E-state index contributed by atoms with van der Waals surface area (Å²) in [6, 6.07) is 5.67. The van der Waals surface area contributed by atoms with E-state index in [9.17, 15) is 18.0 Å². The van der Waals surface area contributed by atoms with Crippen molar-refractivity contribution in [3.8, 4) is 0 Å². The Hall–Kier alpha value is -1.21. The molecule has 2 rings (SSSR count). The third-order valence-electron chi connectivity index (χ3n) is 3.21. The molecular weight excluding hydrogens is 289 g/mol. The molecule has 2 N–H and O–H groups in total. The molecule has 1 heterocycles. The number of halogens is 3. The van der Waals surface area contributed by atoms with Gasteiger partial charge in [-0.15, -0.1) is 0 Å². The Morgan fingerprint density at radius 3 is 2.45 bits per heavy atom. The third kappa shape index (κ3) is 4.14. The van der Waals surface area contributed by atoms with Gasteiger partial charge in [-0.1, -0.05) is 6.92 Å². The van der Waals surface area contributed by atoms with E-state index in [0.717, 1.165) is 6.54 Å². The third-order valence-corrected chi connectivity index (χ3v) is 3.95. The average molecular weight is 304 g/mol. The molecule has 7 heteroatoms. The van der Waals surface area contributed by atoms with Crippen LogP contribution in [-0.4, -0.2) is 24.5 Å². The fourth-order valence-corrected chi connectivity index (χ4v) is 2.68. The summed E-state index contributed by atoms with van der Waals surface area (Å²) in [5.41, 5.74) is -3.78. The predicted octanol–water partition coefficient (Wildman–Crippen LogP) is 3.09. The van der Waals surface area contributed by atoms with Crippen LogP contribution in [0.5, 0.6) is 0 Å². The molecule has 2 unspecified atom stereocenters. The molecule has 0 radical (unpaired) electrons. The first kappa shape index (κ1) is 15.2. The Labute approximate surface area is 119 Å². The second-order valence-corrected chi connectivity index (χ2v) is 5.94. The van der Waals surface area contributed by atoms with Gasteiger partial charge in [0.05, 0.1) is 5.92 Å². The molecule has 0 spiro atoms. The first-order valence-electron chi connectivity index (χ1n) is 6.22. The molecule has 3 nitrogen and oxygen atoms in total. The lowest BCUT2D eigenvalue weighted by molar-refractivity contribution is -0.120. The number of carbonyl (C=O) groups is 1. The van der Waals surface area contributed by atoms with E-state index < -0.39 is 5.51 Å². The van der Waals surface area contributed by atoms with Crippen molar-refractivity contribution in [1.82, 2.24) is 5.32 Å². The smallest absolute Gasteiger partial charge is 0.326 e. The minimum absolute atomic E-state index is 0.0979. The number of hydrogen-bond donors (Lipinski definition) is 2. The highest BCUT2D eigenvalue weighted by molar-refractivity contribution is 8.00. The summed E-state index contributed by atoms with van der Waals surface area (Å²) in [7, 11) is 0. The zero-order valence-electron chi connectivity index (χ0n) is 10.8. The van der Waals surface area contributed by atoms with Crippen molar-refractivity contribution in [1.29, 1.82) is 0 Å². The molecule has 0 aliphatic carbocycles. The van der Waals surface area contributed by atoms with Crippen molar-refractivity contribution in [2.45, 2.75) is 17.3 Å². The number of amides is 1. The zero-order chi connectivity index (χ0) is 14.8. The average Bonchev–Trinajstić information content (AvgIpc) is 2.76. The minimum Gasteiger partial charge on any atom is -0.326 e. The van der Waals surface area contributed by atoms with Crippen LogP contribution >= 0.6 is 11.8 Å². The Balaban J connectivity index is 1.95. The monoisotopic (exact) mass is 304 g/mol. The molecule has 1 aromatic carbocycles. The van der Waals surface area contributed by atoms with E-state index in [1.54, 1.807) is 0 Å². The molecule has 2 atom stereocenters. The molecule has 20 heavy (non-hydrogen) atoms. The Morgan fingerprint density at radius 2 is 1.95 bits per heavy atom. The van der Waals surface area contributed by atoms with Gasteiger partial charge in [-0.25, -0.2) is 0 Å². The number of nitrogens with one attached hydrogen (secondary N) is 2. The van der Waals surface area contributed by atoms with Gasteiger partial charge in [-0.3, -0.25) is 4.79 Å². The number of alkyl halides is 3. The van der Waals surface area contributed by atoms with E-state index >= 15 is 0 Å². The molecular formula is C13H15F3N2OS. The van der Waals surface area contributed by atoms with Crippen LogP contribution < -0.4 is 10.6 Å². The second kappa shape index (κ2) is 6.05. The quantitative estimate of drug-likeness (QED) is 0.843. The lowest BCUT2D eigenvalue weighted by Gasteiger charge is -2.14. The highest BCUT2D eigenvalue weighted by Crippen LogP contribution is 2.37. The maximum absolute atomic E-state index is 12.2. The molecule has 1 aliphatic rings. The Kier molecular flexibility index (Phi) is 4.59. The number of carbonyl (C=O) groups excluding carboxylic acids is 1. The van der Waals surface area contributed by atoms with Crippen LogP contribution in [0, 0.1) is 11.8 Å².